The van der Waals surface area contributed by atoms with Crippen LogP contribution < -0.4 is 15.1 Å². The lowest BCUT2D eigenvalue weighted by Crippen LogP contribution is -2.54. The van der Waals surface area contributed by atoms with Gasteiger partial charge in [0.05, 0.1) is 11.3 Å². The second kappa shape index (κ2) is 8.87. The van der Waals surface area contributed by atoms with E-state index < -0.39 is 17.8 Å². The number of benzene rings is 2. The smallest absolute Gasteiger partial charge is 0.335 e. The highest BCUT2D eigenvalue weighted by Crippen LogP contribution is 2.23. The molecule has 1 saturated heterocycles. The van der Waals surface area contributed by atoms with Gasteiger partial charge in [-0.15, -0.1) is 0 Å². The summed E-state index contributed by atoms with van der Waals surface area (Å²) in [5.41, 5.74) is 2.17. The van der Waals surface area contributed by atoms with Crippen LogP contribution in [0.4, 0.5) is 11.4 Å². The van der Waals surface area contributed by atoms with Crippen molar-refractivity contribution in [2.75, 3.05) is 22.9 Å². The SMILES string of the molecule is CCN(CC)c1ccc(/C=C2/C(=O)NC(=S)N(c3ccc(C(=O)O)cc3)C2=O)cc1. The Morgan fingerprint density at radius 1 is 1.07 bits per heavy atom. The molecule has 2 aromatic carbocycles. The van der Waals surface area contributed by atoms with Gasteiger partial charge >= 0.3 is 5.97 Å². The molecule has 0 spiro atoms. The maximum atomic E-state index is 13.0. The molecule has 2 aromatic rings. The Hall–Kier alpha value is -3.52. The third-order valence-corrected chi connectivity index (χ3v) is 5.09. The van der Waals surface area contributed by atoms with E-state index in [4.69, 9.17) is 17.3 Å². The first kappa shape index (κ1) is 21.2. The highest BCUT2D eigenvalue weighted by Gasteiger charge is 2.34. The van der Waals surface area contributed by atoms with E-state index in [0.717, 1.165) is 18.8 Å². The van der Waals surface area contributed by atoms with Gasteiger partial charge in [-0.05, 0) is 74.1 Å². The maximum Gasteiger partial charge on any atom is 0.335 e. The predicted molar refractivity (Wildman–Crippen MR) is 120 cm³/mol. The van der Waals surface area contributed by atoms with Gasteiger partial charge in [0, 0.05) is 18.8 Å². The molecule has 0 unspecified atom stereocenters. The van der Waals surface area contributed by atoms with E-state index in [-0.39, 0.29) is 16.2 Å². The Bertz CT molecular complexity index is 1030. The van der Waals surface area contributed by atoms with Crippen molar-refractivity contribution in [3.8, 4) is 0 Å². The lowest BCUT2D eigenvalue weighted by molar-refractivity contribution is -0.122. The summed E-state index contributed by atoms with van der Waals surface area (Å²) in [6, 6.07) is 13.3. The minimum absolute atomic E-state index is 0.0536. The number of carboxylic acids is 1. The summed E-state index contributed by atoms with van der Waals surface area (Å²) in [6.45, 7) is 5.91. The summed E-state index contributed by atoms with van der Waals surface area (Å²) in [4.78, 5) is 39.8. The van der Waals surface area contributed by atoms with Crippen LogP contribution in [0.15, 0.2) is 54.1 Å². The number of amides is 2. The number of thiocarbonyl (C=S) groups is 1. The molecule has 1 aliphatic heterocycles. The first-order valence-electron chi connectivity index (χ1n) is 9.45. The Balaban J connectivity index is 1.91. The minimum atomic E-state index is -1.07. The first-order valence-corrected chi connectivity index (χ1v) is 9.86. The number of hydrogen-bond acceptors (Lipinski definition) is 5. The molecule has 0 aliphatic carbocycles. The molecule has 1 heterocycles. The molecule has 154 valence electrons. The van der Waals surface area contributed by atoms with Crippen molar-refractivity contribution in [3.63, 3.8) is 0 Å². The van der Waals surface area contributed by atoms with Crippen molar-refractivity contribution in [1.29, 1.82) is 0 Å². The number of carbonyl (C=O) groups is 3. The zero-order chi connectivity index (χ0) is 21.8. The third kappa shape index (κ3) is 4.23. The van der Waals surface area contributed by atoms with Crippen LogP contribution in [0, 0.1) is 0 Å². The van der Waals surface area contributed by atoms with E-state index >= 15 is 0 Å². The van der Waals surface area contributed by atoms with Crippen molar-refractivity contribution in [2.24, 2.45) is 0 Å². The zero-order valence-corrected chi connectivity index (χ0v) is 17.4. The molecule has 3 rings (SSSR count). The fourth-order valence-corrected chi connectivity index (χ4v) is 3.46. The number of carbonyl (C=O) groups excluding carboxylic acids is 2. The van der Waals surface area contributed by atoms with Gasteiger partial charge in [-0.25, -0.2) is 4.79 Å². The number of nitrogens with zero attached hydrogens (tertiary/aromatic N) is 2. The number of anilines is 2. The van der Waals surface area contributed by atoms with Crippen LogP contribution in [-0.2, 0) is 9.59 Å². The minimum Gasteiger partial charge on any atom is -0.478 e. The molecule has 1 aliphatic rings. The highest BCUT2D eigenvalue weighted by atomic mass is 32.1. The van der Waals surface area contributed by atoms with Gasteiger partial charge in [-0.1, -0.05) is 12.1 Å². The molecule has 0 aromatic heterocycles. The van der Waals surface area contributed by atoms with Crippen molar-refractivity contribution < 1.29 is 19.5 Å². The van der Waals surface area contributed by atoms with Crippen LogP contribution in [0.25, 0.3) is 6.08 Å². The van der Waals surface area contributed by atoms with Gasteiger partial charge in [-0.2, -0.15) is 0 Å². The van der Waals surface area contributed by atoms with Crippen LogP contribution in [0.5, 0.6) is 0 Å². The van der Waals surface area contributed by atoms with Crippen LogP contribution in [0.3, 0.4) is 0 Å². The van der Waals surface area contributed by atoms with Crippen molar-refractivity contribution in [3.05, 3.63) is 65.2 Å². The van der Waals surface area contributed by atoms with Gasteiger partial charge in [0.2, 0.25) is 0 Å². The molecule has 0 saturated carbocycles. The van der Waals surface area contributed by atoms with Crippen LogP contribution in [0.2, 0.25) is 0 Å². The van der Waals surface area contributed by atoms with E-state index in [0.29, 0.717) is 11.3 Å². The van der Waals surface area contributed by atoms with E-state index in [1.165, 1.54) is 35.2 Å². The average molecular weight is 423 g/mol. The van der Waals surface area contributed by atoms with E-state index in [1.807, 2.05) is 24.3 Å². The molecule has 0 bridgehead atoms. The van der Waals surface area contributed by atoms with Gasteiger partial charge < -0.3 is 10.0 Å². The van der Waals surface area contributed by atoms with E-state index in [2.05, 4.69) is 24.1 Å². The molecule has 30 heavy (non-hydrogen) atoms. The lowest BCUT2D eigenvalue weighted by atomic mass is 10.1. The fraction of sp³-hybridized carbons (Fsp3) is 0.182. The summed E-state index contributed by atoms with van der Waals surface area (Å²) < 4.78 is 0. The number of carboxylic acid groups (broad SMARTS) is 1. The van der Waals surface area contributed by atoms with Gasteiger partial charge in [0.15, 0.2) is 5.11 Å². The summed E-state index contributed by atoms with van der Waals surface area (Å²) >= 11 is 5.16. The molecule has 0 atom stereocenters. The molecule has 2 amide bonds. The number of aromatic carboxylic acids is 1. The third-order valence-electron chi connectivity index (χ3n) is 4.81. The van der Waals surface area contributed by atoms with Crippen molar-refractivity contribution in [1.82, 2.24) is 5.32 Å². The first-order chi connectivity index (χ1) is 14.3. The topological polar surface area (TPSA) is 90.0 Å². The molecule has 7 nitrogen and oxygen atoms in total. The Morgan fingerprint density at radius 2 is 1.67 bits per heavy atom. The zero-order valence-electron chi connectivity index (χ0n) is 16.6. The normalized spacial score (nSPS) is 15.3. The van der Waals surface area contributed by atoms with Crippen molar-refractivity contribution in [2.45, 2.75) is 13.8 Å². The largest absolute Gasteiger partial charge is 0.478 e. The van der Waals surface area contributed by atoms with E-state index in [1.54, 1.807) is 0 Å². The van der Waals surface area contributed by atoms with Crippen molar-refractivity contribution >= 4 is 52.6 Å². The Morgan fingerprint density at radius 3 is 2.20 bits per heavy atom. The van der Waals surface area contributed by atoms with Crippen LogP contribution in [0.1, 0.15) is 29.8 Å². The summed E-state index contributed by atoms with van der Waals surface area (Å²) in [7, 11) is 0. The standard InChI is InChI=1S/C22H21N3O4S/c1-3-24(4-2)16-9-5-14(6-10-16)13-18-19(26)23-22(30)25(20(18)27)17-11-7-15(8-12-17)21(28)29/h5-13H,3-4H2,1-2H3,(H,28,29)(H,23,26,30)/b18-13-. The number of hydrogen-bond donors (Lipinski definition) is 2. The van der Waals surface area contributed by atoms with Gasteiger partial charge in [0.1, 0.15) is 5.57 Å². The van der Waals surface area contributed by atoms with Gasteiger partial charge in [0.25, 0.3) is 11.8 Å². The van der Waals surface area contributed by atoms with E-state index in [9.17, 15) is 14.4 Å². The molecular formula is C22H21N3O4S. The number of nitrogens with one attached hydrogen (secondary N) is 1. The quantitative estimate of drug-likeness (QED) is 0.422. The highest BCUT2D eigenvalue weighted by molar-refractivity contribution is 7.80. The predicted octanol–water partition coefficient (Wildman–Crippen LogP) is 3.06. The Kier molecular flexibility index (Phi) is 6.27. The monoisotopic (exact) mass is 423 g/mol. The average Bonchev–Trinajstić information content (AvgIpc) is 2.73. The summed E-state index contributed by atoms with van der Waals surface area (Å²) in [5, 5.41) is 11.5. The molecule has 2 N–H and O–H groups in total. The number of rotatable bonds is 6. The molecule has 8 heteroatoms. The molecule has 1 fully saturated rings. The lowest BCUT2D eigenvalue weighted by Gasteiger charge is -2.29. The summed E-state index contributed by atoms with van der Waals surface area (Å²) in [6.07, 6.45) is 1.52. The van der Waals surface area contributed by atoms with Crippen LogP contribution in [-0.4, -0.2) is 41.1 Å². The summed E-state index contributed by atoms with van der Waals surface area (Å²) in [5.74, 6) is -2.22. The molecule has 0 radical (unpaired) electrons. The van der Waals surface area contributed by atoms with Crippen LogP contribution >= 0.6 is 12.2 Å². The maximum absolute atomic E-state index is 13.0. The second-order valence-corrected chi connectivity index (χ2v) is 6.96. The Labute approximate surface area is 179 Å². The molecular weight excluding hydrogens is 402 g/mol. The van der Waals surface area contributed by atoms with Gasteiger partial charge in [-0.3, -0.25) is 19.8 Å². The second-order valence-electron chi connectivity index (χ2n) is 6.57. The fourth-order valence-electron chi connectivity index (χ4n) is 3.18.